The highest BCUT2D eigenvalue weighted by molar-refractivity contribution is 5.77. The normalized spacial score (nSPS) is 13.8. The Kier molecular flexibility index (Phi) is 5.62. The third-order valence-electron chi connectivity index (χ3n) is 1.95. The van der Waals surface area contributed by atoms with Crippen LogP contribution in [0.15, 0.2) is 4.99 Å². The van der Waals surface area contributed by atoms with Crippen LogP contribution in [0.3, 0.4) is 0 Å². The number of nitrogens with two attached hydrogens (primary N) is 2. The second-order valence-corrected chi connectivity index (χ2v) is 3.09. The maximum Gasteiger partial charge on any atom is 0.320 e. The van der Waals surface area contributed by atoms with Gasteiger partial charge in [-0.25, -0.2) is 0 Å². The summed E-state index contributed by atoms with van der Waals surface area (Å²) in [6, 6.07) is -0.789. The number of hydrogen-bond acceptors (Lipinski definition) is 3. The summed E-state index contributed by atoms with van der Waals surface area (Å²) < 4.78 is 0. The van der Waals surface area contributed by atoms with Gasteiger partial charge in [-0.1, -0.05) is 0 Å². The SMILES string of the molecule is CN=C(N)N(C)CCC[C@H](N)C(=O)O. The molecule has 6 nitrogen and oxygen atoms in total. The summed E-state index contributed by atoms with van der Waals surface area (Å²) in [7, 11) is 3.41. The van der Waals surface area contributed by atoms with Crippen molar-refractivity contribution in [2.24, 2.45) is 16.5 Å². The molecule has 0 bridgehead atoms. The molecule has 0 spiro atoms. The van der Waals surface area contributed by atoms with Crippen LogP contribution in [0.4, 0.5) is 0 Å². The number of carboxylic acids is 1. The van der Waals surface area contributed by atoms with Gasteiger partial charge in [-0.3, -0.25) is 9.79 Å². The van der Waals surface area contributed by atoms with Crippen LogP contribution in [-0.2, 0) is 4.79 Å². The van der Waals surface area contributed by atoms with Gasteiger partial charge in [0.25, 0.3) is 0 Å². The molecule has 0 unspecified atom stereocenters. The standard InChI is InChI=1S/C8H18N4O2/c1-11-8(10)12(2)5-3-4-6(9)7(13)14/h6H,3-5,9H2,1-2H3,(H2,10,11)(H,13,14)/t6-/m0/s1. The van der Waals surface area contributed by atoms with Gasteiger partial charge in [0.1, 0.15) is 6.04 Å². The average Bonchev–Trinajstić information content (AvgIpc) is 2.15. The lowest BCUT2D eigenvalue weighted by atomic mass is 10.1. The molecule has 0 saturated carbocycles. The van der Waals surface area contributed by atoms with Crippen molar-refractivity contribution in [1.29, 1.82) is 0 Å². The van der Waals surface area contributed by atoms with Gasteiger partial charge >= 0.3 is 5.97 Å². The zero-order chi connectivity index (χ0) is 11.1. The maximum absolute atomic E-state index is 10.4. The molecular formula is C8H18N4O2. The van der Waals surface area contributed by atoms with Gasteiger partial charge in [-0.15, -0.1) is 0 Å². The van der Waals surface area contributed by atoms with Crippen molar-refractivity contribution in [2.75, 3.05) is 20.6 Å². The van der Waals surface area contributed by atoms with E-state index in [4.69, 9.17) is 16.6 Å². The van der Waals surface area contributed by atoms with E-state index in [2.05, 4.69) is 4.99 Å². The van der Waals surface area contributed by atoms with Crippen LogP contribution in [-0.4, -0.2) is 48.6 Å². The number of guanidine groups is 1. The molecule has 0 radical (unpaired) electrons. The predicted molar refractivity (Wildman–Crippen MR) is 55.0 cm³/mol. The third kappa shape index (κ3) is 4.66. The van der Waals surface area contributed by atoms with E-state index in [1.165, 1.54) is 0 Å². The topological polar surface area (TPSA) is 105 Å². The van der Waals surface area contributed by atoms with Crippen LogP contribution in [0.25, 0.3) is 0 Å². The molecule has 0 aromatic rings. The minimum absolute atomic E-state index is 0.439. The quantitative estimate of drug-likeness (QED) is 0.394. The Labute approximate surface area is 83.6 Å². The Morgan fingerprint density at radius 1 is 1.64 bits per heavy atom. The lowest BCUT2D eigenvalue weighted by Crippen LogP contribution is -2.36. The number of aliphatic carboxylic acids is 1. The molecule has 0 aliphatic rings. The highest BCUT2D eigenvalue weighted by atomic mass is 16.4. The van der Waals surface area contributed by atoms with Crippen molar-refractivity contribution >= 4 is 11.9 Å². The molecule has 6 heteroatoms. The third-order valence-corrected chi connectivity index (χ3v) is 1.95. The van der Waals surface area contributed by atoms with Crippen molar-refractivity contribution in [3.63, 3.8) is 0 Å². The second kappa shape index (κ2) is 6.20. The maximum atomic E-state index is 10.4. The van der Waals surface area contributed by atoms with E-state index in [0.29, 0.717) is 25.3 Å². The molecule has 0 fully saturated rings. The lowest BCUT2D eigenvalue weighted by molar-refractivity contribution is -0.138. The van der Waals surface area contributed by atoms with Gasteiger partial charge < -0.3 is 21.5 Å². The first-order chi connectivity index (χ1) is 6.49. The molecule has 0 saturated heterocycles. The highest BCUT2D eigenvalue weighted by Gasteiger charge is 2.11. The summed E-state index contributed by atoms with van der Waals surface area (Å²) in [6.45, 7) is 0.657. The van der Waals surface area contributed by atoms with E-state index in [9.17, 15) is 4.79 Å². The number of carbonyl (C=O) groups is 1. The molecule has 14 heavy (non-hydrogen) atoms. The second-order valence-electron chi connectivity index (χ2n) is 3.09. The largest absolute Gasteiger partial charge is 0.480 e. The van der Waals surface area contributed by atoms with Crippen LogP contribution in [0.2, 0.25) is 0 Å². The number of carboxylic acid groups (broad SMARTS) is 1. The molecule has 0 amide bonds. The molecule has 0 heterocycles. The number of aliphatic imine (C=N–C) groups is 1. The summed E-state index contributed by atoms with van der Waals surface area (Å²) in [5, 5.41) is 8.52. The van der Waals surface area contributed by atoms with E-state index in [1.807, 2.05) is 0 Å². The minimum Gasteiger partial charge on any atom is -0.480 e. The molecule has 0 aromatic carbocycles. The zero-order valence-electron chi connectivity index (χ0n) is 8.60. The lowest BCUT2D eigenvalue weighted by Gasteiger charge is -2.17. The average molecular weight is 202 g/mol. The van der Waals surface area contributed by atoms with E-state index in [-0.39, 0.29) is 0 Å². The molecule has 82 valence electrons. The Morgan fingerprint density at radius 3 is 2.64 bits per heavy atom. The fourth-order valence-corrected chi connectivity index (χ4v) is 0.957. The van der Waals surface area contributed by atoms with Gasteiger partial charge in [0.2, 0.25) is 0 Å². The Hall–Kier alpha value is -1.30. The Morgan fingerprint density at radius 2 is 2.21 bits per heavy atom. The van der Waals surface area contributed by atoms with Crippen molar-refractivity contribution in [3.05, 3.63) is 0 Å². The highest BCUT2D eigenvalue weighted by Crippen LogP contribution is 1.96. The summed E-state index contributed by atoms with van der Waals surface area (Å²) in [4.78, 5) is 15.9. The molecule has 0 aliphatic heterocycles. The Balaban J connectivity index is 3.69. The molecule has 0 rings (SSSR count). The van der Waals surface area contributed by atoms with Gasteiger partial charge in [0.05, 0.1) is 0 Å². The summed E-state index contributed by atoms with van der Waals surface area (Å²) in [5.41, 5.74) is 10.9. The van der Waals surface area contributed by atoms with Gasteiger partial charge in [-0.05, 0) is 12.8 Å². The van der Waals surface area contributed by atoms with Crippen LogP contribution in [0.1, 0.15) is 12.8 Å². The van der Waals surface area contributed by atoms with Crippen molar-refractivity contribution in [1.82, 2.24) is 4.90 Å². The fraction of sp³-hybridized carbons (Fsp3) is 0.750. The minimum atomic E-state index is -0.968. The van der Waals surface area contributed by atoms with Crippen molar-refractivity contribution in [2.45, 2.75) is 18.9 Å². The summed E-state index contributed by atoms with van der Waals surface area (Å²) in [5.74, 6) is -0.529. The van der Waals surface area contributed by atoms with Crippen molar-refractivity contribution in [3.8, 4) is 0 Å². The van der Waals surface area contributed by atoms with E-state index >= 15 is 0 Å². The first-order valence-corrected chi connectivity index (χ1v) is 4.40. The summed E-state index contributed by atoms with van der Waals surface area (Å²) in [6.07, 6.45) is 1.12. The van der Waals surface area contributed by atoms with Crippen LogP contribution >= 0.6 is 0 Å². The number of nitrogens with zero attached hydrogens (tertiary/aromatic N) is 2. The van der Waals surface area contributed by atoms with Crippen LogP contribution < -0.4 is 11.5 Å². The molecule has 1 atom stereocenters. The van der Waals surface area contributed by atoms with Gasteiger partial charge in [-0.2, -0.15) is 0 Å². The first kappa shape index (κ1) is 12.7. The number of rotatable bonds is 5. The van der Waals surface area contributed by atoms with E-state index in [0.717, 1.165) is 0 Å². The van der Waals surface area contributed by atoms with Crippen molar-refractivity contribution < 1.29 is 9.90 Å². The monoisotopic (exact) mass is 202 g/mol. The van der Waals surface area contributed by atoms with E-state index in [1.54, 1.807) is 19.0 Å². The fourth-order valence-electron chi connectivity index (χ4n) is 0.957. The van der Waals surface area contributed by atoms with E-state index < -0.39 is 12.0 Å². The first-order valence-electron chi connectivity index (χ1n) is 4.40. The van der Waals surface area contributed by atoms with Gasteiger partial charge in [0.15, 0.2) is 5.96 Å². The van der Waals surface area contributed by atoms with Crippen LogP contribution in [0.5, 0.6) is 0 Å². The Bertz CT molecular complexity index is 217. The molecule has 5 N–H and O–H groups in total. The number of hydrogen-bond donors (Lipinski definition) is 3. The van der Waals surface area contributed by atoms with Gasteiger partial charge in [0, 0.05) is 20.6 Å². The van der Waals surface area contributed by atoms with Crippen LogP contribution in [0, 0.1) is 0 Å². The smallest absolute Gasteiger partial charge is 0.320 e. The zero-order valence-corrected chi connectivity index (χ0v) is 8.60. The molecule has 0 aromatic heterocycles. The molecular weight excluding hydrogens is 184 g/mol. The molecule has 0 aliphatic carbocycles. The summed E-state index contributed by atoms with van der Waals surface area (Å²) >= 11 is 0. The predicted octanol–water partition coefficient (Wildman–Crippen LogP) is -0.945.